The Morgan fingerprint density at radius 1 is 1.04 bits per heavy atom. The van der Waals surface area contributed by atoms with Gasteiger partial charge in [-0.25, -0.2) is 14.8 Å². The van der Waals surface area contributed by atoms with E-state index in [0.29, 0.717) is 29.5 Å². The molecule has 3 aromatic rings. The number of esters is 1. The van der Waals surface area contributed by atoms with E-state index >= 15 is 0 Å². The number of nitrogens with zero attached hydrogens (tertiary/aromatic N) is 2. The summed E-state index contributed by atoms with van der Waals surface area (Å²) in [5.41, 5.74) is 2.74. The highest BCUT2D eigenvalue weighted by atomic mass is 16.5. The summed E-state index contributed by atoms with van der Waals surface area (Å²) < 4.78 is 5.37. The Morgan fingerprint density at radius 3 is 2.36 bits per heavy atom. The van der Waals surface area contributed by atoms with Crippen LogP contribution < -0.4 is 0 Å². The topological polar surface area (TPSA) is 72.3 Å². The standard InChI is InChI=1S/C23H24N2O3/c1-3-6-16(2)15-28-23(27)18-11-9-17(10-12-18)22-24-13-19(14-25-22)20-7-4-5-8-21(20)26/h4-5,7-14,16,26H,3,6,15H2,1-2H3. The van der Waals surface area contributed by atoms with E-state index < -0.39 is 0 Å². The van der Waals surface area contributed by atoms with Crippen molar-refractivity contribution in [1.82, 2.24) is 9.97 Å². The van der Waals surface area contributed by atoms with Crippen molar-refractivity contribution < 1.29 is 14.6 Å². The second kappa shape index (κ2) is 9.13. The van der Waals surface area contributed by atoms with Crippen LogP contribution in [-0.2, 0) is 4.74 Å². The molecule has 28 heavy (non-hydrogen) atoms. The van der Waals surface area contributed by atoms with Crippen LogP contribution in [0.5, 0.6) is 5.75 Å². The second-order valence-electron chi connectivity index (χ2n) is 6.88. The maximum Gasteiger partial charge on any atom is 0.338 e. The van der Waals surface area contributed by atoms with Crippen molar-refractivity contribution in [3.05, 3.63) is 66.5 Å². The number of phenolic OH excluding ortho intramolecular Hbond substituents is 1. The molecular formula is C23H24N2O3. The lowest BCUT2D eigenvalue weighted by molar-refractivity contribution is 0.0443. The van der Waals surface area contributed by atoms with Crippen molar-refractivity contribution in [3.8, 4) is 28.3 Å². The summed E-state index contributed by atoms with van der Waals surface area (Å²) in [6, 6.07) is 14.1. The largest absolute Gasteiger partial charge is 0.507 e. The van der Waals surface area contributed by atoms with Crippen LogP contribution in [0, 0.1) is 5.92 Å². The van der Waals surface area contributed by atoms with E-state index in [0.717, 1.165) is 24.0 Å². The summed E-state index contributed by atoms with van der Waals surface area (Å²) in [7, 11) is 0. The van der Waals surface area contributed by atoms with Crippen LogP contribution in [0.1, 0.15) is 37.0 Å². The summed E-state index contributed by atoms with van der Waals surface area (Å²) in [6.45, 7) is 4.63. The van der Waals surface area contributed by atoms with Crippen molar-refractivity contribution in [2.45, 2.75) is 26.7 Å². The van der Waals surface area contributed by atoms with E-state index in [1.165, 1.54) is 0 Å². The molecule has 1 N–H and O–H groups in total. The van der Waals surface area contributed by atoms with E-state index in [1.54, 1.807) is 48.8 Å². The van der Waals surface area contributed by atoms with Crippen LogP contribution in [0.25, 0.3) is 22.5 Å². The lowest BCUT2D eigenvalue weighted by Gasteiger charge is -2.11. The maximum absolute atomic E-state index is 12.2. The number of carbonyl (C=O) groups is 1. The van der Waals surface area contributed by atoms with E-state index in [4.69, 9.17) is 4.74 Å². The van der Waals surface area contributed by atoms with Gasteiger partial charge in [0.2, 0.25) is 0 Å². The molecule has 1 heterocycles. The fourth-order valence-electron chi connectivity index (χ4n) is 2.97. The third kappa shape index (κ3) is 4.74. The minimum atomic E-state index is -0.315. The van der Waals surface area contributed by atoms with Crippen molar-refractivity contribution in [2.24, 2.45) is 5.92 Å². The van der Waals surface area contributed by atoms with Gasteiger partial charge in [-0.3, -0.25) is 0 Å². The number of ether oxygens (including phenoxy) is 1. The van der Waals surface area contributed by atoms with Gasteiger partial charge in [0.1, 0.15) is 5.75 Å². The van der Waals surface area contributed by atoms with Crippen molar-refractivity contribution in [2.75, 3.05) is 6.61 Å². The van der Waals surface area contributed by atoms with Crippen molar-refractivity contribution in [1.29, 1.82) is 0 Å². The third-order valence-corrected chi connectivity index (χ3v) is 4.53. The number of carbonyl (C=O) groups excluding carboxylic acids is 1. The number of hydrogen-bond acceptors (Lipinski definition) is 5. The first kappa shape index (κ1) is 19.5. The van der Waals surface area contributed by atoms with Crippen LogP contribution in [0.15, 0.2) is 60.9 Å². The van der Waals surface area contributed by atoms with Crippen molar-refractivity contribution in [3.63, 3.8) is 0 Å². The molecule has 0 fully saturated rings. The molecule has 1 unspecified atom stereocenters. The summed E-state index contributed by atoms with van der Waals surface area (Å²) in [5, 5.41) is 9.94. The monoisotopic (exact) mass is 376 g/mol. The molecule has 1 atom stereocenters. The van der Waals surface area contributed by atoms with Crippen LogP contribution in [0.2, 0.25) is 0 Å². The molecule has 0 aliphatic carbocycles. The molecule has 0 saturated carbocycles. The van der Waals surface area contributed by atoms with E-state index in [2.05, 4.69) is 23.8 Å². The van der Waals surface area contributed by atoms with E-state index in [1.807, 2.05) is 12.1 Å². The Kier molecular flexibility index (Phi) is 6.37. The van der Waals surface area contributed by atoms with E-state index in [-0.39, 0.29) is 11.7 Å². The van der Waals surface area contributed by atoms with Crippen LogP contribution >= 0.6 is 0 Å². The average molecular weight is 376 g/mol. The highest BCUT2D eigenvalue weighted by Crippen LogP contribution is 2.28. The molecule has 1 aromatic heterocycles. The van der Waals surface area contributed by atoms with Gasteiger partial charge in [-0.05, 0) is 30.5 Å². The predicted octanol–water partition coefficient (Wildman–Crippen LogP) is 5.11. The van der Waals surface area contributed by atoms with Gasteiger partial charge in [-0.1, -0.05) is 50.6 Å². The second-order valence-corrected chi connectivity index (χ2v) is 6.88. The predicted molar refractivity (Wildman–Crippen MR) is 109 cm³/mol. The number of phenols is 1. The summed E-state index contributed by atoms with van der Waals surface area (Å²) in [5.74, 6) is 0.792. The Morgan fingerprint density at radius 2 is 1.71 bits per heavy atom. The maximum atomic E-state index is 12.2. The number of hydrogen-bond donors (Lipinski definition) is 1. The molecule has 5 heteroatoms. The highest BCUT2D eigenvalue weighted by Gasteiger charge is 2.11. The summed E-state index contributed by atoms with van der Waals surface area (Å²) in [6.07, 6.45) is 5.47. The Bertz CT molecular complexity index is 921. The molecular weight excluding hydrogens is 352 g/mol. The zero-order valence-electron chi connectivity index (χ0n) is 16.1. The smallest absolute Gasteiger partial charge is 0.338 e. The first-order valence-corrected chi connectivity index (χ1v) is 9.46. The number of benzene rings is 2. The van der Waals surface area contributed by atoms with Gasteiger partial charge in [0.05, 0.1) is 12.2 Å². The van der Waals surface area contributed by atoms with Crippen LogP contribution in [0.4, 0.5) is 0 Å². The minimum Gasteiger partial charge on any atom is -0.507 e. The number of aromatic nitrogens is 2. The first-order valence-electron chi connectivity index (χ1n) is 9.46. The number of rotatable bonds is 7. The lowest BCUT2D eigenvalue weighted by Crippen LogP contribution is -2.12. The summed E-state index contributed by atoms with van der Waals surface area (Å²) >= 11 is 0. The molecule has 3 rings (SSSR count). The van der Waals surface area contributed by atoms with Gasteiger partial charge >= 0.3 is 5.97 Å². The lowest BCUT2D eigenvalue weighted by atomic mass is 10.1. The molecule has 2 aromatic carbocycles. The fourth-order valence-corrected chi connectivity index (χ4v) is 2.97. The van der Waals surface area contributed by atoms with Gasteiger partial charge in [0.25, 0.3) is 0 Å². The van der Waals surface area contributed by atoms with Gasteiger partial charge < -0.3 is 9.84 Å². The SMILES string of the molecule is CCCC(C)COC(=O)c1ccc(-c2ncc(-c3ccccc3O)cn2)cc1. The quantitative estimate of drug-likeness (QED) is 0.580. The third-order valence-electron chi connectivity index (χ3n) is 4.53. The molecule has 0 bridgehead atoms. The van der Waals surface area contributed by atoms with Crippen LogP contribution in [-0.4, -0.2) is 27.7 Å². The Hall–Kier alpha value is -3.21. The zero-order chi connectivity index (χ0) is 19.9. The highest BCUT2D eigenvalue weighted by molar-refractivity contribution is 5.89. The normalized spacial score (nSPS) is 11.8. The molecule has 0 aliphatic rings. The Labute approximate surface area is 165 Å². The minimum absolute atomic E-state index is 0.190. The molecule has 0 amide bonds. The van der Waals surface area contributed by atoms with Gasteiger partial charge in [0, 0.05) is 29.1 Å². The first-order chi connectivity index (χ1) is 13.6. The molecule has 0 radical (unpaired) electrons. The average Bonchev–Trinajstić information content (AvgIpc) is 2.73. The fraction of sp³-hybridized carbons (Fsp3) is 0.261. The molecule has 0 aliphatic heterocycles. The van der Waals surface area contributed by atoms with Gasteiger partial charge in [-0.2, -0.15) is 0 Å². The zero-order valence-corrected chi connectivity index (χ0v) is 16.1. The molecule has 0 spiro atoms. The van der Waals surface area contributed by atoms with Crippen molar-refractivity contribution >= 4 is 5.97 Å². The van der Waals surface area contributed by atoms with Gasteiger partial charge in [-0.15, -0.1) is 0 Å². The number of aromatic hydroxyl groups is 1. The molecule has 0 saturated heterocycles. The molecule has 144 valence electrons. The summed E-state index contributed by atoms with van der Waals surface area (Å²) in [4.78, 5) is 20.9. The molecule has 5 nitrogen and oxygen atoms in total. The van der Waals surface area contributed by atoms with Gasteiger partial charge in [0.15, 0.2) is 5.82 Å². The Balaban J connectivity index is 1.68. The number of para-hydroxylation sites is 1. The van der Waals surface area contributed by atoms with Crippen LogP contribution in [0.3, 0.4) is 0 Å². The van der Waals surface area contributed by atoms with E-state index in [9.17, 15) is 9.90 Å².